The zero-order valence-electron chi connectivity index (χ0n) is 12.2. The van der Waals surface area contributed by atoms with Gasteiger partial charge in [0.1, 0.15) is 16.6 Å². The van der Waals surface area contributed by atoms with Crippen LogP contribution < -0.4 is 10.5 Å². The summed E-state index contributed by atoms with van der Waals surface area (Å²) in [5.41, 5.74) is 5.31. The number of primary amides is 1. The summed E-state index contributed by atoms with van der Waals surface area (Å²) in [4.78, 5) is 11.1. The van der Waals surface area contributed by atoms with Crippen LogP contribution in [0, 0.1) is 0 Å². The molecule has 2 aromatic rings. The third-order valence-corrected chi connectivity index (χ3v) is 6.50. The molecule has 0 radical (unpaired) electrons. The second kappa shape index (κ2) is 7.31. The number of thiophene rings is 1. The van der Waals surface area contributed by atoms with Gasteiger partial charge in [-0.2, -0.15) is 4.31 Å². The smallest absolute Gasteiger partial charge is 0.252 e. The quantitative estimate of drug-likeness (QED) is 0.804. The molecule has 2 N–H and O–H groups in total. The number of nitrogens with zero attached hydrogens (tertiary/aromatic N) is 1. The first-order valence-corrected chi connectivity index (χ1v) is 9.23. The van der Waals surface area contributed by atoms with Gasteiger partial charge in [-0.25, -0.2) is 8.42 Å². The Kier molecular flexibility index (Phi) is 5.64. The summed E-state index contributed by atoms with van der Waals surface area (Å²) in [6.45, 7) is 0.322. The highest BCUT2D eigenvalue weighted by Gasteiger charge is 2.23. The number of hydrogen-bond acceptors (Lipinski definition) is 5. The van der Waals surface area contributed by atoms with Crippen LogP contribution in [0.4, 0.5) is 0 Å². The number of nitrogens with two attached hydrogens (primary N) is 1. The molecule has 0 saturated carbocycles. The van der Waals surface area contributed by atoms with E-state index in [0.717, 1.165) is 15.6 Å². The van der Waals surface area contributed by atoms with Crippen molar-refractivity contribution in [2.75, 3.05) is 20.2 Å². The molecule has 23 heavy (non-hydrogen) atoms. The number of likely N-dealkylation sites (N-methyl/N-ethyl adjacent to an activating group) is 1. The Morgan fingerprint density at radius 3 is 2.74 bits per heavy atom. The van der Waals surface area contributed by atoms with Gasteiger partial charge in [0.25, 0.3) is 10.0 Å². The SMILES string of the molecule is CN(CCOc1cccc(Cl)c1)S(=O)(=O)c1cc(C(N)=O)cs1. The Bertz CT molecular complexity index is 805. The Hall–Kier alpha value is -1.61. The van der Waals surface area contributed by atoms with E-state index < -0.39 is 15.9 Å². The molecule has 0 fully saturated rings. The molecule has 0 aliphatic rings. The topological polar surface area (TPSA) is 89.7 Å². The fraction of sp³-hybridized carbons (Fsp3) is 0.214. The van der Waals surface area contributed by atoms with E-state index >= 15 is 0 Å². The normalized spacial score (nSPS) is 11.6. The lowest BCUT2D eigenvalue weighted by atomic mass is 10.3. The number of carbonyl (C=O) groups is 1. The zero-order valence-corrected chi connectivity index (χ0v) is 14.6. The minimum Gasteiger partial charge on any atom is -0.492 e. The fourth-order valence-electron chi connectivity index (χ4n) is 1.70. The Balaban J connectivity index is 1.98. The summed E-state index contributed by atoms with van der Waals surface area (Å²) in [7, 11) is -2.23. The molecule has 0 spiro atoms. The molecule has 0 aliphatic heterocycles. The number of ether oxygens (including phenoxy) is 1. The highest BCUT2D eigenvalue weighted by atomic mass is 35.5. The van der Waals surface area contributed by atoms with Gasteiger partial charge in [-0.3, -0.25) is 4.79 Å². The molecule has 0 bridgehead atoms. The number of carbonyl (C=O) groups excluding carboxylic acids is 1. The largest absolute Gasteiger partial charge is 0.492 e. The van der Waals surface area contributed by atoms with Gasteiger partial charge >= 0.3 is 0 Å². The Morgan fingerprint density at radius 2 is 2.13 bits per heavy atom. The maximum absolute atomic E-state index is 12.4. The number of sulfonamides is 1. The number of halogens is 1. The summed E-state index contributed by atoms with van der Waals surface area (Å²) in [6, 6.07) is 8.12. The maximum Gasteiger partial charge on any atom is 0.252 e. The average molecular weight is 375 g/mol. The highest BCUT2D eigenvalue weighted by Crippen LogP contribution is 2.23. The zero-order chi connectivity index (χ0) is 17.0. The number of rotatable bonds is 7. The van der Waals surface area contributed by atoms with E-state index in [9.17, 15) is 13.2 Å². The van der Waals surface area contributed by atoms with E-state index in [0.29, 0.717) is 10.8 Å². The van der Waals surface area contributed by atoms with E-state index in [1.165, 1.54) is 18.5 Å². The van der Waals surface area contributed by atoms with Gasteiger partial charge in [-0.1, -0.05) is 17.7 Å². The van der Waals surface area contributed by atoms with Crippen LogP contribution >= 0.6 is 22.9 Å². The predicted molar refractivity (Wildman–Crippen MR) is 89.6 cm³/mol. The lowest BCUT2D eigenvalue weighted by Gasteiger charge is -2.16. The number of benzene rings is 1. The first kappa shape index (κ1) is 17.7. The van der Waals surface area contributed by atoms with Gasteiger partial charge in [-0.05, 0) is 24.3 Å². The molecule has 0 saturated heterocycles. The molecule has 1 heterocycles. The highest BCUT2D eigenvalue weighted by molar-refractivity contribution is 7.91. The van der Waals surface area contributed by atoms with E-state index in [1.807, 2.05) is 0 Å². The van der Waals surface area contributed by atoms with Gasteiger partial charge in [0.05, 0.1) is 5.56 Å². The van der Waals surface area contributed by atoms with Crippen LogP contribution in [0.15, 0.2) is 39.9 Å². The van der Waals surface area contributed by atoms with Crippen LogP contribution in [0.2, 0.25) is 5.02 Å². The molecule has 0 atom stereocenters. The molecular weight excluding hydrogens is 360 g/mol. The second-order valence-corrected chi connectivity index (χ2v) is 8.27. The van der Waals surface area contributed by atoms with Crippen LogP contribution in [0.5, 0.6) is 5.75 Å². The summed E-state index contributed by atoms with van der Waals surface area (Å²) in [5.74, 6) is -0.0925. The first-order valence-electron chi connectivity index (χ1n) is 6.54. The average Bonchev–Trinajstić information content (AvgIpc) is 2.98. The van der Waals surface area contributed by atoms with Gasteiger partial charge < -0.3 is 10.5 Å². The molecule has 0 aliphatic carbocycles. The number of amides is 1. The standard InChI is InChI=1S/C14H15ClN2O4S2/c1-17(5-6-21-12-4-2-3-11(15)8-12)23(19,20)13-7-10(9-22-13)14(16)18/h2-4,7-9H,5-6H2,1H3,(H2,16,18). The molecule has 1 amide bonds. The van der Waals surface area contributed by atoms with Crippen LogP contribution in [-0.2, 0) is 10.0 Å². The van der Waals surface area contributed by atoms with Crippen molar-refractivity contribution in [2.24, 2.45) is 5.73 Å². The van der Waals surface area contributed by atoms with Gasteiger partial charge in [0.2, 0.25) is 5.91 Å². The minimum absolute atomic E-state index is 0.0663. The Morgan fingerprint density at radius 1 is 1.39 bits per heavy atom. The third-order valence-electron chi connectivity index (χ3n) is 3.00. The summed E-state index contributed by atoms with van der Waals surface area (Å²) in [6.07, 6.45) is 0. The van der Waals surface area contributed by atoms with Crippen LogP contribution in [0.25, 0.3) is 0 Å². The lowest BCUT2D eigenvalue weighted by molar-refractivity contribution is 0.100. The molecule has 2 rings (SSSR count). The molecular formula is C14H15ClN2O4S2. The Labute approximate surface area is 143 Å². The third kappa shape index (κ3) is 4.44. The van der Waals surface area contributed by atoms with Crippen molar-refractivity contribution in [3.63, 3.8) is 0 Å². The van der Waals surface area contributed by atoms with Gasteiger partial charge in [0, 0.05) is 24.0 Å². The second-order valence-electron chi connectivity index (χ2n) is 4.65. The van der Waals surface area contributed by atoms with E-state index in [1.54, 1.807) is 24.3 Å². The summed E-state index contributed by atoms with van der Waals surface area (Å²) in [5, 5.41) is 1.96. The van der Waals surface area contributed by atoms with Crippen LogP contribution in [0.3, 0.4) is 0 Å². The first-order chi connectivity index (χ1) is 10.8. The van der Waals surface area contributed by atoms with Crippen molar-refractivity contribution in [3.8, 4) is 5.75 Å². The molecule has 124 valence electrons. The molecule has 6 nitrogen and oxygen atoms in total. The lowest BCUT2D eigenvalue weighted by Crippen LogP contribution is -2.30. The van der Waals surface area contributed by atoms with E-state index in [-0.39, 0.29) is 22.9 Å². The predicted octanol–water partition coefficient (Wildman–Crippen LogP) is 2.20. The monoisotopic (exact) mass is 374 g/mol. The summed E-state index contributed by atoms with van der Waals surface area (Å²) < 4.78 is 31.4. The fourth-order valence-corrected chi connectivity index (χ4v) is 4.42. The molecule has 0 unspecified atom stereocenters. The minimum atomic E-state index is -3.68. The van der Waals surface area contributed by atoms with E-state index in [4.69, 9.17) is 22.1 Å². The van der Waals surface area contributed by atoms with Crippen molar-refractivity contribution in [3.05, 3.63) is 46.3 Å². The van der Waals surface area contributed by atoms with Crippen molar-refractivity contribution in [1.29, 1.82) is 0 Å². The maximum atomic E-state index is 12.4. The van der Waals surface area contributed by atoms with Crippen LogP contribution in [0.1, 0.15) is 10.4 Å². The summed E-state index contributed by atoms with van der Waals surface area (Å²) >= 11 is 6.80. The van der Waals surface area contributed by atoms with Crippen molar-refractivity contribution in [1.82, 2.24) is 4.31 Å². The van der Waals surface area contributed by atoms with Gasteiger partial charge in [-0.15, -0.1) is 11.3 Å². The van der Waals surface area contributed by atoms with Gasteiger partial charge in [0.15, 0.2) is 0 Å². The van der Waals surface area contributed by atoms with Crippen molar-refractivity contribution >= 4 is 38.9 Å². The van der Waals surface area contributed by atoms with Crippen molar-refractivity contribution < 1.29 is 17.9 Å². The molecule has 1 aromatic carbocycles. The van der Waals surface area contributed by atoms with Crippen molar-refractivity contribution in [2.45, 2.75) is 4.21 Å². The molecule has 9 heteroatoms. The molecule has 1 aromatic heterocycles. The van der Waals surface area contributed by atoms with E-state index in [2.05, 4.69) is 0 Å². The number of hydrogen-bond donors (Lipinski definition) is 1. The van der Waals surface area contributed by atoms with Crippen LogP contribution in [-0.4, -0.2) is 38.8 Å².